The summed E-state index contributed by atoms with van der Waals surface area (Å²) in [6.45, 7) is 5.07. The van der Waals surface area contributed by atoms with Crippen molar-refractivity contribution in [3.8, 4) is 0 Å². The number of aromatic nitrogens is 2. The number of halogens is 1. The van der Waals surface area contributed by atoms with Crippen molar-refractivity contribution in [2.45, 2.75) is 38.8 Å². The Hall–Kier alpha value is -2.74. The van der Waals surface area contributed by atoms with Crippen molar-refractivity contribution in [1.29, 1.82) is 0 Å². The van der Waals surface area contributed by atoms with Gasteiger partial charge in [-0.05, 0) is 37.0 Å². The van der Waals surface area contributed by atoms with E-state index in [1.54, 1.807) is 27.9 Å². The van der Waals surface area contributed by atoms with Crippen LogP contribution in [0.5, 0.6) is 0 Å². The van der Waals surface area contributed by atoms with Crippen molar-refractivity contribution in [2.75, 3.05) is 18.4 Å². The zero-order valence-electron chi connectivity index (χ0n) is 16.1. The summed E-state index contributed by atoms with van der Waals surface area (Å²) in [5, 5.41) is 7.13. The average Bonchev–Trinajstić information content (AvgIpc) is 3.15. The van der Waals surface area contributed by atoms with Crippen LogP contribution in [-0.4, -0.2) is 45.6 Å². The molecule has 1 fully saturated rings. The Bertz CT molecular complexity index is 843. The summed E-state index contributed by atoms with van der Waals surface area (Å²) in [5.74, 6) is -0.220. The van der Waals surface area contributed by atoms with Crippen molar-refractivity contribution in [3.05, 3.63) is 47.9 Å². The van der Waals surface area contributed by atoms with Gasteiger partial charge in [-0.1, -0.05) is 19.9 Å². The van der Waals surface area contributed by atoms with Crippen LogP contribution in [0.1, 0.15) is 43.1 Å². The van der Waals surface area contributed by atoms with E-state index in [-0.39, 0.29) is 23.4 Å². The molecule has 7 nitrogen and oxygen atoms in total. The Morgan fingerprint density at radius 2 is 1.96 bits per heavy atom. The number of hydrogen-bond acceptors (Lipinski definition) is 4. The zero-order valence-corrected chi connectivity index (χ0v) is 16.1. The third-order valence-electron chi connectivity index (χ3n) is 5.12. The van der Waals surface area contributed by atoms with Gasteiger partial charge < -0.3 is 16.0 Å². The summed E-state index contributed by atoms with van der Waals surface area (Å²) in [6.07, 6.45) is 3.07. The zero-order chi connectivity index (χ0) is 20.3. The molecule has 8 heteroatoms. The van der Waals surface area contributed by atoms with Crippen molar-refractivity contribution in [1.82, 2.24) is 14.7 Å². The predicted molar refractivity (Wildman–Crippen MR) is 104 cm³/mol. The van der Waals surface area contributed by atoms with E-state index in [9.17, 15) is 14.0 Å². The Balaban J connectivity index is 1.63. The lowest BCUT2D eigenvalue weighted by atomic mass is 10.0. The van der Waals surface area contributed by atoms with Crippen LogP contribution in [0.2, 0.25) is 0 Å². The topological polar surface area (TPSA) is 93.2 Å². The van der Waals surface area contributed by atoms with Gasteiger partial charge in [-0.3, -0.25) is 9.59 Å². The Kier molecular flexibility index (Phi) is 6.08. The second-order valence-corrected chi connectivity index (χ2v) is 7.45. The number of piperidine rings is 1. The number of carbonyl (C=O) groups is 2. The molecule has 1 atom stereocenters. The standard InChI is InChI=1S/C20H26FN5O2/c1-13(2)18(22)20(28)25-10-7-16(8-11-25)26-17(6-9-23-26)24-19(27)14-4-3-5-15(21)12-14/h3-6,9,12-13,16,18H,7-8,10-11,22H2,1-2H3,(H,24,27)/t18-/m1/s1. The number of nitrogens with two attached hydrogens (primary N) is 1. The van der Waals surface area contributed by atoms with Crippen molar-refractivity contribution >= 4 is 17.6 Å². The number of nitrogens with zero attached hydrogens (tertiary/aromatic N) is 3. The maximum absolute atomic E-state index is 13.3. The van der Waals surface area contributed by atoms with E-state index in [0.717, 1.165) is 12.8 Å². The van der Waals surface area contributed by atoms with Crippen LogP contribution in [-0.2, 0) is 4.79 Å². The number of nitrogens with one attached hydrogen (secondary N) is 1. The molecule has 1 saturated heterocycles. The number of anilines is 1. The Morgan fingerprint density at radius 1 is 1.25 bits per heavy atom. The fourth-order valence-electron chi connectivity index (χ4n) is 3.35. The molecule has 1 aliphatic rings. The van der Waals surface area contributed by atoms with E-state index >= 15 is 0 Å². The highest BCUT2D eigenvalue weighted by Gasteiger charge is 2.29. The van der Waals surface area contributed by atoms with Gasteiger partial charge in [-0.25, -0.2) is 9.07 Å². The molecule has 1 aromatic heterocycles. The second-order valence-electron chi connectivity index (χ2n) is 7.45. The third-order valence-corrected chi connectivity index (χ3v) is 5.12. The lowest BCUT2D eigenvalue weighted by molar-refractivity contribution is -0.134. The molecule has 1 aromatic carbocycles. The molecular formula is C20H26FN5O2. The number of rotatable bonds is 5. The van der Waals surface area contributed by atoms with Crippen LogP contribution in [0.15, 0.2) is 36.5 Å². The number of amides is 2. The smallest absolute Gasteiger partial charge is 0.256 e. The molecule has 0 aliphatic carbocycles. The first-order valence-corrected chi connectivity index (χ1v) is 9.51. The van der Waals surface area contributed by atoms with E-state index in [0.29, 0.717) is 18.9 Å². The minimum absolute atomic E-state index is 0.0199. The van der Waals surface area contributed by atoms with Gasteiger partial charge in [-0.2, -0.15) is 5.10 Å². The molecule has 2 amide bonds. The fourth-order valence-corrected chi connectivity index (χ4v) is 3.35. The van der Waals surface area contributed by atoms with Crippen LogP contribution in [0.3, 0.4) is 0 Å². The van der Waals surface area contributed by atoms with E-state index in [4.69, 9.17) is 5.73 Å². The predicted octanol–water partition coefficient (Wildman–Crippen LogP) is 2.42. The molecule has 0 saturated carbocycles. The molecule has 2 aromatic rings. The van der Waals surface area contributed by atoms with Gasteiger partial charge in [-0.15, -0.1) is 0 Å². The molecule has 2 heterocycles. The van der Waals surface area contributed by atoms with Gasteiger partial charge >= 0.3 is 0 Å². The molecular weight excluding hydrogens is 361 g/mol. The molecule has 0 bridgehead atoms. The quantitative estimate of drug-likeness (QED) is 0.824. The van der Waals surface area contributed by atoms with E-state index in [1.165, 1.54) is 18.2 Å². The van der Waals surface area contributed by atoms with Gasteiger partial charge in [0.25, 0.3) is 5.91 Å². The van der Waals surface area contributed by atoms with E-state index in [2.05, 4.69) is 10.4 Å². The van der Waals surface area contributed by atoms with Gasteiger partial charge in [0.15, 0.2) is 0 Å². The maximum Gasteiger partial charge on any atom is 0.256 e. The minimum Gasteiger partial charge on any atom is -0.341 e. The normalized spacial score (nSPS) is 16.2. The largest absolute Gasteiger partial charge is 0.341 e. The molecule has 150 valence electrons. The molecule has 1 aliphatic heterocycles. The van der Waals surface area contributed by atoms with Gasteiger partial charge in [0, 0.05) is 24.7 Å². The van der Waals surface area contributed by atoms with Crippen LogP contribution in [0.4, 0.5) is 10.2 Å². The number of hydrogen-bond donors (Lipinski definition) is 2. The summed E-state index contributed by atoms with van der Waals surface area (Å²) in [4.78, 5) is 26.6. The Morgan fingerprint density at radius 3 is 2.61 bits per heavy atom. The van der Waals surface area contributed by atoms with Crippen LogP contribution < -0.4 is 11.1 Å². The lowest BCUT2D eigenvalue weighted by Crippen LogP contribution is -2.49. The second kappa shape index (κ2) is 8.52. The van der Waals surface area contributed by atoms with Gasteiger partial charge in [0.05, 0.1) is 18.3 Å². The van der Waals surface area contributed by atoms with E-state index < -0.39 is 17.8 Å². The summed E-state index contributed by atoms with van der Waals surface area (Å²) in [7, 11) is 0. The number of benzene rings is 1. The average molecular weight is 387 g/mol. The number of carbonyl (C=O) groups excluding carboxylic acids is 2. The molecule has 0 radical (unpaired) electrons. The van der Waals surface area contributed by atoms with Crippen LogP contribution >= 0.6 is 0 Å². The van der Waals surface area contributed by atoms with Crippen LogP contribution in [0, 0.1) is 11.7 Å². The molecule has 3 rings (SSSR count). The SMILES string of the molecule is CC(C)[C@@H](N)C(=O)N1CCC(n2nccc2NC(=O)c2cccc(F)c2)CC1. The summed E-state index contributed by atoms with van der Waals surface area (Å²) in [5.41, 5.74) is 6.23. The van der Waals surface area contributed by atoms with Crippen molar-refractivity contribution < 1.29 is 14.0 Å². The molecule has 28 heavy (non-hydrogen) atoms. The highest BCUT2D eigenvalue weighted by Crippen LogP contribution is 2.26. The maximum atomic E-state index is 13.3. The third kappa shape index (κ3) is 4.39. The van der Waals surface area contributed by atoms with Gasteiger partial charge in [0.1, 0.15) is 11.6 Å². The first kappa shape index (κ1) is 20.0. The van der Waals surface area contributed by atoms with Crippen LogP contribution in [0.25, 0.3) is 0 Å². The first-order chi connectivity index (χ1) is 13.4. The highest BCUT2D eigenvalue weighted by atomic mass is 19.1. The van der Waals surface area contributed by atoms with Crippen molar-refractivity contribution in [3.63, 3.8) is 0 Å². The van der Waals surface area contributed by atoms with E-state index in [1.807, 2.05) is 13.8 Å². The molecule has 3 N–H and O–H groups in total. The monoisotopic (exact) mass is 387 g/mol. The summed E-state index contributed by atoms with van der Waals surface area (Å²) < 4.78 is 15.1. The molecule has 0 unspecified atom stereocenters. The lowest BCUT2D eigenvalue weighted by Gasteiger charge is -2.34. The van der Waals surface area contributed by atoms with Gasteiger partial charge in [0.2, 0.25) is 5.91 Å². The fraction of sp³-hybridized carbons (Fsp3) is 0.450. The minimum atomic E-state index is -0.484. The summed E-state index contributed by atoms with van der Waals surface area (Å²) in [6, 6.07) is 6.83. The number of likely N-dealkylation sites (tertiary alicyclic amines) is 1. The molecule has 0 spiro atoms. The Labute approximate surface area is 163 Å². The van der Waals surface area contributed by atoms with Crippen molar-refractivity contribution in [2.24, 2.45) is 11.7 Å². The summed E-state index contributed by atoms with van der Waals surface area (Å²) >= 11 is 0. The first-order valence-electron chi connectivity index (χ1n) is 9.51. The highest BCUT2D eigenvalue weighted by molar-refractivity contribution is 6.03.